The first-order valence-corrected chi connectivity index (χ1v) is 1.97. The average Bonchev–Trinajstić information content (AvgIpc) is 0.918. The summed E-state index contributed by atoms with van der Waals surface area (Å²) >= 11 is 0. The predicted molar refractivity (Wildman–Crippen MR) is 26.6 cm³/mol. The van der Waals surface area contributed by atoms with Crippen LogP contribution >= 0.6 is 0 Å². The number of carbonyl (C=O) groups is 1. The Morgan fingerprint density at radius 1 is 1.75 bits per heavy atom. The van der Waals surface area contributed by atoms with E-state index < -0.39 is 0 Å². The monoisotopic (exact) mass is 90.0 g/mol. The van der Waals surface area contributed by atoms with Gasteiger partial charge in [0.1, 0.15) is 0 Å². The molecule has 0 aromatic carbocycles. The molecule has 4 heavy (non-hydrogen) atoms. The summed E-state index contributed by atoms with van der Waals surface area (Å²) in [6.07, 6.45) is 0. The van der Waals surface area contributed by atoms with Crippen LogP contribution in [0.3, 0.4) is 0 Å². The first-order valence-electron chi connectivity index (χ1n) is 0.813. The molecule has 0 aliphatic rings. The van der Waals surface area contributed by atoms with E-state index in [1.165, 1.54) is 0 Å². The second-order valence-electron chi connectivity index (χ2n) is 0.236. The highest BCUT2D eigenvalue weighted by Crippen LogP contribution is 0.946. The van der Waals surface area contributed by atoms with E-state index in [2.05, 4.69) is 0 Å². The molecule has 0 unspecified atom stereocenters. The molecule has 0 amide bonds. The zero-order valence-electron chi connectivity index (χ0n) is 1.99. The first-order chi connectivity index (χ1) is 1.41. The molecule has 0 aliphatic carbocycles. The Labute approximate surface area is 38.9 Å². The van der Waals surface area contributed by atoms with E-state index in [-0.39, 0.29) is 17.4 Å². The maximum atomic E-state index is 8.87. The molecule has 1 nitrogen and oxygen atoms in total. The molecule has 0 aromatic rings. The molecule has 0 heterocycles. The van der Waals surface area contributed by atoms with Gasteiger partial charge in [-0.05, 0) is 0 Å². The summed E-state index contributed by atoms with van der Waals surface area (Å²) in [5, 5.41) is 0. The smallest absolute Gasteiger partial charge is 0.187 e. The van der Waals surface area contributed by atoms with Crippen LogP contribution in [0.5, 0.6) is 0 Å². The van der Waals surface area contributed by atoms with Gasteiger partial charge in [0.15, 0.2) is 17.4 Å². The van der Waals surface area contributed by atoms with Crippen molar-refractivity contribution in [2.24, 2.45) is 0 Å². The van der Waals surface area contributed by atoms with Crippen LogP contribution in [0.2, 0.25) is 0 Å². The van der Waals surface area contributed by atoms with Crippen LogP contribution in [-0.4, -0.2) is 33.5 Å². The van der Waals surface area contributed by atoms with Crippen LogP contribution in [0.4, 0.5) is 0 Å². The van der Waals surface area contributed by atoms with E-state index in [1.54, 1.807) is 0 Å². The van der Waals surface area contributed by atoms with Gasteiger partial charge in [-0.15, -0.1) is 0 Å². The van der Waals surface area contributed by atoms with Gasteiger partial charge in [0.2, 0.25) is 0 Å². The van der Waals surface area contributed by atoms with Crippen LogP contribution in [0.15, 0.2) is 0 Å². The van der Waals surface area contributed by atoms with Crippen molar-refractivity contribution in [2.45, 2.75) is 0 Å². The molecule has 3 heteroatoms. The van der Waals surface area contributed by atoms with Gasteiger partial charge < -0.3 is 4.79 Å². The van der Waals surface area contributed by atoms with Crippen molar-refractivity contribution < 1.29 is 4.79 Å². The van der Waals surface area contributed by atoms with E-state index in [0.29, 0.717) is 10.2 Å². The SMILES string of the molecule is O=C[SiH3].[AlH3]. The first kappa shape index (κ1) is 8.83. The highest BCUT2D eigenvalue weighted by molar-refractivity contribution is 6.48. The summed E-state index contributed by atoms with van der Waals surface area (Å²) in [7, 11) is 0.688. The van der Waals surface area contributed by atoms with Gasteiger partial charge in [-0.2, -0.15) is 0 Å². The topological polar surface area (TPSA) is 17.1 Å². The normalized spacial score (nSPS) is 4.00. The number of hydrogen-bond donors (Lipinski definition) is 0. The van der Waals surface area contributed by atoms with Crippen molar-refractivity contribution in [3.8, 4) is 0 Å². The Morgan fingerprint density at radius 3 is 1.75 bits per heavy atom. The fourth-order valence-electron chi connectivity index (χ4n) is 0. The third-order valence-electron chi connectivity index (χ3n) is 0. The molecule has 24 valence electrons. The van der Waals surface area contributed by atoms with Crippen LogP contribution < -0.4 is 0 Å². The Kier molecular flexibility index (Phi) is 21.9. The quantitative estimate of drug-likeness (QED) is 0.235. The second-order valence-corrected chi connectivity index (χ2v) is 0.707. The summed E-state index contributed by atoms with van der Waals surface area (Å²) < 4.78 is 0. The molecule has 0 saturated carbocycles. The summed E-state index contributed by atoms with van der Waals surface area (Å²) in [5.41, 5.74) is 0. The second kappa shape index (κ2) is 9.93. The van der Waals surface area contributed by atoms with Crippen molar-refractivity contribution in [3.63, 3.8) is 0 Å². The lowest BCUT2D eigenvalue weighted by Gasteiger charge is -1.22. The largest absolute Gasteiger partial charge is 0.310 e. The lowest BCUT2D eigenvalue weighted by atomic mass is 11.8. The molecular weight excluding hydrogens is 83.1 g/mol. The highest BCUT2D eigenvalue weighted by atomic mass is 28.1. The molecule has 0 aromatic heterocycles. The molecular formula is CH7AlOSi. The van der Waals surface area contributed by atoms with Crippen molar-refractivity contribution in [1.29, 1.82) is 0 Å². The zero-order chi connectivity index (χ0) is 2.71. The lowest BCUT2D eigenvalue weighted by molar-refractivity contribution is 0.569. The molecule has 0 saturated heterocycles. The van der Waals surface area contributed by atoms with E-state index in [9.17, 15) is 0 Å². The summed E-state index contributed by atoms with van der Waals surface area (Å²) in [5.74, 6) is 0.889. The Morgan fingerprint density at radius 2 is 1.75 bits per heavy atom. The standard InChI is InChI=1S/CH4OSi.Al.3H/c2-1-3;;;;/h1H,3H3;;;;. The molecule has 0 atom stereocenters. The maximum Gasteiger partial charge on any atom is 0.187 e. The number of carbonyl (C=O) groups excluding carboxylic acids is 1. The van der Waals surface area contributed by atoms with Crippen LogP contribution in [0.25, 0.3) is 0 Å². The van der Waals surface area contributed by atoms with Crippen molar-refractivity contribution in [3.05, 3.63) is 0 Å². The molecule has 0 spiro atoms. The fraction of sp³-hybridized carbons (Fsp3) is 0. The Hall–Kier alpha value is 0.419. The lowest BCUT2D eigenvalue weighted by Crippen LogP contribution is -1.52. The summed E-state index contributed by atoms with van der Waals surface area (Å²) in [6.45, 7) is 0. The minimum atomic E-state index is 0. The molecule has 0 aliphatic heterocycles. The Balaban J connectivity index is 0. The zero-order valence-corrected chi connectivity index (χ0v) is 3.99. The van der Waals surface area contributed by atoms with Crippen molar-refractivity contribution in [2.75, 3.05) is 0 Å². The summed E-state index contributed by atoms with van der Waals surface area (Å²) in [4.78, 5) is 8.87. The van der Waals surface area contributed by atoms with Crippen molar-refractivity contribution in [1.82, 2.24) is 0 Å². The van der Waals surface area contributed by atoms with E-state index in [1.807, 2.05) is 0 Å². The Bertz CT molecular complexity index is 15.5. The fourth-order valence-corrected chi connectivity index (χ4v) is 0. The average molecular weight is 90.1 g/mol. The molecule has 0 radical (unpaired) electrons. The highest BCUT2D eigenvalue weighted by Gasteiger charge is 1.26. The van der Waals surface area contributed by atoms with Gasteiger partial charge in [-0.1, -0.05) is 0 Å². The van der Waals surface area contributed by atoms with Crippen LogP contribution in [0.1, 0.15) is 0 Å². The van der Waals surface area contributed by atoms with E-state index in [0.717, 1.165) is 5.91 Å². The molecule has 0 N–H and O–H groups in total. The van der Waals surface area contributed by atoms with Crippen LogP contribution in [-0.2, 0) is 4.79 Å². The molecule has 0 bridgehead atoms. The van der Waals surface area contributed by atoms with Gasteiger partial charge in [0.25, 0.3) is 0 Å². The van der Waals surface area contributed by atoms with Gasteiger partial charge in [-0.3, -0.25) is 0 Å². The van der Waals surface area contributed by atoms with E-state index in [4.69, 9.17) is 4.79 Å². The predicted octanol–water partition coefficient (Wildman–Crippen LogP) is -2.64. The minimum Gasteiger partial charge on any atom is -0.310 e. The van der Waals surface area contributed by atoms with Gasteiger partial charge in [0, 0.05) is 0 Å². The third-order valence-corrected chi connectivity index (χ3v) is 0. The van der Waals surface area contributed by atoms with Crippen LogP contribution in [0, 0.1) is 0 Å². The van der Waals surface area contributed by atoms with Gasteiger partial charge in [0.05, 0.1) is 16.2 Å². The molecule has 0 rings (SSSR count). The molecule has 0 fully saturated rings. The van der Waals surface area contributed by atoms with Gasteiger partial charge >= 0.3 is 0 Å². The van der Waals surface area contributed by atoms with Gasteiger partial charge in [-0.25, -0.2) is 0 Å². The number of hydrogen-bond acceptors (Lipinski definition) is 1. The minimum absolute atomic E-state index is 0. The van der Waals surface area contributed by atoms with E-state index >= 15 is 0 Å². The maximum absolute atomic E-state index is 8.87. The number of rotatable bonds is 0. The summed E-state index contributed by atoms with van der Waals surface area (Å²) in [6, 6.07) is 0. The van der Waals surface area contributed by atoms with Crippen molar-refractivity contribution >= 4 is 33.5 Å². The third kappa shape index (κ3) is 27.7.